The van der Waals surface area contributed by atoms with E-state index in [0.717, 1.165) is 35.8 Å². The van der Waals surface area contributed by atoms with Gasteiger partial charge in [-0.15, -0.1) is 0 Å². The average Bonchev–Trinajstić information content (AvgIpc) is 3.11. The maximum Gasteiger partial charge on any atom is 0.231 e. The molecule has 0 saturated heterocycles. The molecule has 0 saturated carbocycles. The van der Waals surface area contributed by atoms with Crippen molar-refractivity contribution in [3.63, 3.8) is 0 Å². The molecule has 5 heteroatoms. The van der Waals surface area contributed by atoms with Crippen molar-refractivity contribution in [1.29, 1.82) is 0 Å². The van der Waals surface area contributed by atoms with Crippen molar-refractivity contribution >= 4 is 0 Å². The zero-order valence-corrected chi connectivity index (χ0v) is 16.1. The van der Waals surface area contributed by atoms with Crippen LogP contribution in [0.25, 0.3) is 0 Å². The number of hydrogen-bond donors (Lipinski definition) is 1. The van der Waals surface area contributed by atoms with E-state index >= 15 is 0 Å². The van der Waals surface area contributed by atoms with Crippen LogP contribution in [0.1, 0.15) is 35.2 Å². The van der Waals surface area contributed by atoms with E-state index in [9.17, 15) is 0 Å². The van der Waals surface area contributed by atoms with Gasteiger partial charge in [0.2, 0.25) is 6.79 Å². The highest BCUT2D eigenvalue weighted by Gasteiger charge is 2.21. The molecule has 0 amide bonds. The lowest BCUT2D eigenvalue weighted by atomic mass is 9.91. The highest BCUT2D eigenvalue weighted by atomic mass is 16.7. The van der Waals surface area contributed by atoms with Gasteiger partial charge in [0.05, 0.1) is 14.2 Å². The van der Waals surface area contributed by atoms with Crippen LogP contribution in [0.15, 0.2) is 24.3 Å². The molecule has 3 rings (SSSR count). The second-order valence-electron chi connectivity index (χ2n) is 6.44. The first-order chi connectivity index (χ1) is 12.6. The molecule has 1 heterocycles. The summed E-state index contributed by atoms with van der Waals surface area (Å²) in [4.78, 5) is 0. The summed E-state index contributed by atoms with van der Waals surface area (Å²) in [7, 11) is 5.33. The second-order valence-corrected chi connectivity index (χ2v) is 6.44. The Balaban J connectivity index is 1.97. The summed E-state index contributed by atoms with van der Waals surface area (Å²) in [5, 5.41) is 3.46. The van der Waals surface area contributed by atoms with E-state index < -0.39 is 0 Å². The molecule has 1 unspecified atom stereocenters. The fourth-order valence-corrected chi connectivity index (χ4v) is 3.46. The topological polar surface area (TPSA) is 49.0 Å². The Morgan fingerprint density at radius 3 is 2.27 bits per heavy atom. The Kier molecular flexibility index (Phi) is 5.57. The lowest BCUT2D eigenvalue weighted by Crippen LogP contribution is -2.21. The third-order valence-corrected chi connectivity index (χ3v) is 5.01. The summed E-state index contributed by atoms with van der Waals surface area (Å²) in [6.45, 7) is 4.56. The molecule has 0 aliphatic carbocycles. The van der Waals surface area contributed by atoms with Gasteiger partial charge in [-0.3, -0.25) is 0 Å². The number of nitrogens with one attached hydrogen (secondary N) is 1. The molecular formula is C21H27NO4. The quantitative estimate of drug-likeness (QED) is 0.817. The molecule has 140 valence electrons. The number of likely N-dealkylation sites (N-methyl/N-ethyl adjacent to an activating group) is 1. The van der Waals surface area contributed by atoms with Gasteiger partial charge in [-0.2, -0.15) is 0 Å². The number of methoxy groups -OCH3 is 2. The molecule has 1 aliphatic rings. The van der Waals surface area contributed by atoms with Gasteiger partial charge in [0.15, 0.2) is 23.0 Å². The number of ether oxygens (including phenoxy) is 4. The third-order valence-electron chi connectivity index (χ3n) is 5.01. The maximum absolute atomic E-state index is 5.55. The van der Waals surface area contributed by atoms with Crippen molar-refractivity contribution in [3.8, 4) is 23.0 Å². The molecule has 0 aromatic heterocycles. The van der Waals surface area contributed by atoms with Crippen LogP contribution in [0, 0.1) is 6.92 Å². The SMILES string of the molecule is CCc1cc(OC)c(OC)cc1C(Cc1cc2c(cc1C)OCO2)NC. The van der Waals surface area contributed by atoms with Gasteiger partial charge in [-0.25, -0.2) is 0 Å². The summed E-state index contributed by atoms with van der Waals surface area (Å²) < 4.78 is 22.0. The zero-order valence-electron chi connectivity index (χ0n) is 16.1. The van der Waals surface area contributed by atoms with E-state index in [1.54, 1.807) is 14.2 Å². The molecule has 2 aromatic carbocycles. The first kappa shape index (κ1) is 18.4. The molecule has 26 heavy (non-hydrogen) atoms. The van der Waals surface area contributed by atoms with Gasteiger partial charge in [-0.1, -0.05) is 6.92 Å². The smallest absolute Gasteiger partial charge is 0.231 e. The molecule has 1 N–H and O–H groups in total. The van der Waals surface area contributed by atoms with Gasteiger partial charge in [0, 0.05) is 6.04 Å². The Morgan fingerprint density at radius 2 is 1.65 bits per heavy atom. The lowest BCUT2D eigenvalue weighted by molar-refractivity contribution is 0.174. The van der Waals surface area contributed by atoms with Gasteiger partial charge < -0.3 is 24.3 Å². The standard InChI is InChI=1S/C21H27NO4/c1-6-14-9-18(23-4)19(24-5)11-16(14)17(22-3)8-15-10-21-20(7-13(15)2)25-12-26-21/h7,9-11,17,22H,6,8,12H2,1-5H3. The van der Waals surface area contributed by atoms with Gasteiger partial charge in [-0.05, 0) is 73.3 Å². The molecular weight excluding hydrogens is 330 g/mol. The van der Waals surface area contributed by atoms with Gasteiger partial charge in [0.1, 0.15) is 0 Å². The van der Waals surface area contributed by atoms with Crippen molar-refractivity contribution in [2.24, 2.45) is 0 Å². The fourth-order valence-electron chi connectivity index (χ4n) is 3.46. The summed E-state index contributed by atoms with van der Waals surface area (Å²) in [6, 6.07) is 8.46. The number of benzene rings is 2. The number of hydrogen-bond acceptors (Lipinski definition) is 5. The second kappa shape index (κ2) is 7.87. The van der Waals surface area contributed by atoms with Crippen LogP contribution < -0.4 is 24.3 Å². The first-order valence-corrected chi connectivity index (χ1v) is 8.92. The van der Waals surface area contributed by atoms with Crippen molar-refractivity contribution in [2.75, 3.05) is 28.1 Å². The summed E-state index contributed by atoms with van der Waals surface area (Å²) >= 11 is 0. The van der Waals surface area contributed by atoms with Crippen LogP contribution in [0.4, 0.5) is 0 Å². The average molecular weight is 357 g/mol. The highest BCUT2D eigenvalue weighted by molar-refractivity contribution is 5.51. The van der Waals surface area contributed by atoms with Crippen LogP contribution in [0.5, 0.6) is 23.0 Å². The van der Waals surface area contributed by atoms with Crippen molar-refractivity contribution in [1.82, 2.24) is 5.32 Å². The van der Waals surface area contributed by atoms with Gasteiger partial charge >= 0.3 is 0 Å². The van der Waals surface area contributed by atoms with Crippen LogP contribution in [0.2, 0.25) is 0 Å². The van der Waals surface area contributed by atoms with Crippen LogP contribution >= 0.6 is 0 Å². The largest absolute Gasteiger partial charge is 0.493 e. The number of fused-ring (bicyclic) bond motifs is 1. The van der Waals surface area contributed by atoms with Crippen molar-refractivity contribution in [2.45, 2.75) is 32.7 Å². The number of rotatable bonds is 7. The molecule has 0 radical (unpaired) electrons. The predicted octanol–water partition coefficient (Wildman–Crippen LogP) is 3.81. The first-order valence-electron chi connectivity index (χ1n) is 8.92. The molecule has 0 fully saturated rings. The normalized spacial score (nSPS) is 13.6. The molecule has 0 spiro atoms. The Labute approximate surface area is 155 Å². The zero-order chi connectivity index (χ0) is 18.7. The molecule has 1 aliphatic heterocycles. The monoisotopic (exact) mass is 357 g/mol. The van der Waals surface area contributed by atoms with E-state index in [4.69, 9.17) is 18.9 Å². The molecule has 1 atom stereocenters. The maximum atomic E-state index is 5.55. The molecule has 5 nitrogen and oxygen atoms in total. The number of aryl methyl sites for hydroxylation is 2. The van der Waals surface area contributed by atoms with Crippen LogP contribution in [-0.2, 0) is 12.8 Å². The van der Waals surface area contributed by atoms with E-state index in [1.165, 1.54) is 22.3 Å². The third kappa shape index (κ3) is 3.44. The van der Waals surface area contributed by atoms with Crippen LogP contribution in [-0.4, -0.2) is 28.1 Å². The molecule has 2 aromatic rings. The Bertz CT molecular complexity index is 788. The van der Waals surface area contributed by atoms with E-state index in [0.29, 0.717) is 6.79 Å². The van der Waals surface area contributed by atoms with Crippen molar-refractivity contribution in [3.05, 3.63) is 46.5 Å². The Hall–Kier alpha value is -2.40. The predicted molar refractivity (Wildman–Crippen MR) is 102 cm³/mol. The minimum absolute atomic E-state index is 0.156. The summed E-state index contributed by atoms with van der Waals surface area (Å²) in [6.07, 6.45) is 1.77. The van der Waals surface area contributed by atoms with E-state index in [2.05, 4.69) is 43.4 Å². The summed E-state index contributed by atoms with van der Waals surface area (Å²) in [5.41, 5.74) is 4.92. The van der Waals surface area contributed by atoms with Crippen molar-refractivity contribution < 1.29 is 18.9 Å². The van der Waals surface area contributed by atoms with Crippen LogP contribution in [0.3, 0.4) is 0 Å². The minimum atomic E-state index is 0.156. The Morgan fingerprint density at radius 1 is 1.00 bits per heavy atom. The van der Waals surface area contributed by atoms with Gasteiger partial charge in [0.25, 0.3) is 0 Å². The lowest BCUT2D eigenvalue weighted by Gasteiger charge is -2.23. The minimum Gasteiger partial charge on any atom is -0.493 e. The molecule has 0 bridgehead atoms. The summed E-state index contributed by atoms with van der Waals surface area (Å²) in [5.74, 6) is 3.17. The highest BCUT2D eigenvalue weighted by Crippen LogP contribution is 2.38. The van der Waals surface area contributed by atoms with E-state index in [-0.39, 0.29) is 6.04 Å². The fraction of sp³-hybridized carbons (Fsp3) is 0.429. The van der Waals surface area contributed by atoms with E-state index in [1.807, 2.05) is 7.05 Å².